The van der Waals surface area contributed by atoms with Crippen molar-refractivity contribution in [3.05, 3.63) is 29.6 Å². The zero-order valence-electron chi connectivity index (χ0n) is 12.3. The Labute approximate surface area is 123 Å². The number of halogens is 2. The summed E-state index contributed by atoms with van der Waals surface area (Å²) in [4.78, 5) is 11.7. The van der Waals surface area contributed by atoms with E-state index in [1.807, 2.05) is 0 Å². The van der Waals surface area contributed by atoms with E-state index in [0.717, 1.165) is 0 Å². The third kappa shape index (κ3) is 5.30. The lowest BCUT2D eigenvalue weighted by atomic mass is 9.95. The van der Waals surface area contributed by atoms with Gasteiger partial charge in [0.1, 0.15) is 11.6 Å². The molecular formula is C15H21F2NO3. The fourth-order valence-electron chi connectivity index (χ4n) is 2.02. The van der Waals surface area contributed by atoms with E-state index in [1.54, 1.807) is 6.92 Å². The largest absolute Gasteiger partial charge is 0.496 e. The Balaban J connectivity index is 2.79. The van der Waals surface area contributed by atoms with Crippen molar-refractivity contribution in [3.63, 3.8) is 0 Å². The van der Waals surface area contributed by atoms with Crippen LogP contribution in [0.4, 0.5) is 8.78 Å². The second kappa shape index (κ2) is 8.56. The van der Waals surface area contributed by atoms with Gasteiger partial charge in [-0.3, -0.25) is 4.79 Å². The van der Waals surface area contributed by atoms with Gasteiger partial charge in [0.05, 0.1) is 13.5 Å². The van der Waals surface area contributed by atoms with E-state index in [-0.39, 0.29) is 19.4 Å². The maximum absolute atomic E-state index is 13.4. The van der Waals surface area contributed by atoms with Crippen LogP contribution >= 0.6 is 0 Å². The number of carbonyl (C=O) groups is 1. The van der Waals surface area contributed by atoms with Crippen molar-refractivity contribution in [2.24, 2.45) is 5.73 Å². The second-order valence-electron chi connectivity index (χ2n) is 4.71. The molecular weight excluding hydrogens is 280 g/mol. The first-order chi connectivity index (χ1) is 10.0. The van der Waals surface area contributed by atoms with Gasteiger partial charge in [0, 0.05) is 17.9 Å². The summed E-state index contributed by atoms with van der Waals surface area (Å²) in [6, 6.07) is 3.99. The predicted octanol–water partition coefficient (Wildman–Crippen LogP) is 2.91. The number of ether oxygens (including phenoxy) is 2. The highest BCUT2D eigenvalue weighted by Crippen LogP contribution is 2.29. The van der Waals surface area contributed by atoms with Crippen molar-refractivity contribution in [2.45, 2.75) is 38.5 Å². The summed E-state index contributed by atoms with van der Waals surface area (Å²) in [5, 5.41) is 0. The lowest BCUT2D eigenvalue weighted by Gasteiger charge is -2.18. The minimum Gasteiger partial charge on any atom is -0.496 e. The maximum atomic E-state index is 13.4. The van der Waals surface area contributed by atoms with Crippen LogP contribution < -0.4 is 10.5 Å². The van der Waals surface area contributed by atoms with Crippen molar-refractivity contribution in [1.29, 1.82) is 0 Å². The van der Waals surface area contributed by atoms with Gasteiger partial charge in [-0.1, -0.05) is 6.92 Å². The quantitative estimate of drug-likeness (QED) is 0.750. The number of methoxy groups -OCH3 is 1. The minimum atomic E-state index is -1.62. The van der Waals surface area contributed by atoms with Gasteiger partial charge >= 0.3 is 5.97 Å². The Morgan fingerprint density at radius 3 is 2.71 bits per heavy atom. The molecule has 1 aromatic rings. The molecule has 21 heavy (non-hydrogen) atoms. The number of nitrogens with two attached hydrogens (primary N) is 1. The van der Waals surface area contributed by atoms with E-state index in [9.17, 15) is 13.6 Å². The molecule has 2 unspecified atom stereocenters. The Morgan fingerprint density at radius 1 is 1.43 bits per heavy atom. The first kappa shape index (κ1) is 17.4. The van der Waals surface area contributed by atoms with Crippen LogP contribution in [0.25, 0.3) is 0 Å². The third-order valence-electron chi connectivity index (χ3n) is 3.10. The Hall–Kier alpha value is -1.69. The smallest absolute Gasteiger partial charge is 0.308 e. The second-order valence-corrected chi connectivity index (χ2v) is 4.71. The highest BCUT2D eigenvalue weighted by molar-refractivity contribution is 5.71. The van der Waals surface area contributed by atoms with Crippen molar-refractivity contribution in [3.8, 4) is 5.75 Å². The average molecular weight is 301 g/mol. The predicted molar refractivity (Wildman–Crippen MR) is 75.3 cm³/mol. The number of hydrogen-bond donors (Lipinski definition) is 1. The lowest BCUT2D eigenvalue weighted by molar-refractivity contribution is -0.158. The third-order valence-corrected chi connectivity index (χ3v) is 3.10. The molecule has 0 aliphatic rings. The molecule has 2 N–H and O–H groups in total. The van der Waals surface area contributed by atoms with Crippen LogP contribution in [0.5, 0.6) is 5.75 Å². The zero-order valence-corrected chi connectivity index (χ0v) is 12.3. The van der Waals surface area contributed by atoms with E-state index < -0.39 is 24.1 Å². The summed E-state index contributed by atoms with van der Waals surface area (Å²) < 4.78 is 36.4. The molecule has 6 heteroatoms. The van der Waals surface area contributed by atoms with E-state index >= 15 is 0 Å². The molecule has 2 atom stereocenters. The summed E-state index contributed by atoms with van der Waals surface area (Å²) in [7, 11) is 1.45. The number of hydrogen-bond acceptors (Lipinski definition) is 4. The van der Waals surface area contributed by atoms with Gasteiger partial charge in [0.2, 0.25) is 6.36 Å². The summed E-state index contributed by atoms with van der Waals surface area (Å²) >= 11 is 0. The first-order valence-electron chi connectivity index (χ1n) is 6.88. The molecule has 1 rings (SSSR count). The van der Waals surface area contributed by atoms with Crippen LogP contribution in [-0.2, 0) is 9.53 Å². The Morgan fingerprint density at radius 2 is 2.14 bits per heavy atom. The molecule has 0 amide bonds. The number of rotatable bonds is 8. The highest BCUT2D eigenvalue weighted by Gasteiger charge is 2.22. The first-order valence-corrected chi connectivity index (χ1v) is 6.88. The number of carbonyl (C=O) groups excluding carboxylic acids is 1. The van der Waals surface area contributed by atoms with Crippen LogP contribution in [0.2, 0.25) is 0 Å². The molecule has 0 spiro atoms. The lowest BCUT2D eigenvalue weighted by Crippen LogP contribution is -2.21. The van der Waals surface area contributed by atoms with E-state index in [1.165, 1.54) is 25.3 Å². The van der Waals surface area contributed by atoms with Crippen molar-refractivity contribution in [1.82, 2.24) is 0 Å². The SMILES string of the molecule is CCCC(F)OC(=O)CC(CN)c1cc(F)ccc1OC. The molecule has 0 radical (unpaired) electrons. The van der Waals surface area contributed by atoms with Crippen LogP contribution in [-0.4, -0.2) is 26.0 Å². The normalized spacial score (nSPS) is 13.6. The summed E-state index contributed by atoms with van der Waals surface area (Å²) in [5.74, 6) is -1.20. The molecule has 0 bridgehead atoms. The molecule has 0 aliphatic heterocycles. The highest BCUT2D eigenvalue weighted by atomic mass is 19.1. The van der Waals surface area contributed by atoms with Gasteiger partial charge in [-0.05, 0) is 31.2 Å². The van der Waals surface area contributed by atoms with Gasteiger partial charge in [0.15, 0.2) is 0 Å². The molecule has 0 fully saturated rings. The van der Waals surface area contributed by atoms with Crippen LogP contribution in [0.3, 0.4) is 0 Å². The monoisotopic (exact) mass is 301 g/mol. The van der Waals surface area contributed by atoms with E-state index in [0.29, 0.717) is 17.7 Å². The molecule has 118 valence electrons. The minimum absolute atomic E-state index is 0.0969. The van der Waals surface area contributed by atoms with Crippen LogP contribution in [0, 0.1) is 5.82 Å². The van der Waals surface area contributed by atoms with Crippen molar-refractivity contribution >= 4 is 5.97 Å². The number of esters is 1. The Kier molecular flexibility index (Phi) is 7.08. The molecule has 0 saturated heterocycles. The zero-order chi connectivity index (χ0) is 15.8. The fraction of sp³-hybridized carbons (Fsp3) is 0.533. The van der Waals surface area contributed by atoms with Gasteiger partial charge in [-0.2, -0.15) is 0 Å². The molecule has 4 nitrogen and oxygen atoms in total. The van der Waals surface area contributed by atoms with Gasteiger partial charge in [-0.25, -0.2) is 8.78 Å². The topological polar surface area (TPSA) is 61.5 Å². The maximum Gasteiger partial charge on any atom is 0.308 e. The molecule has 0 aliphatic carbocycles. The van der Waals surface area contributed by atoms with Gasteiger partial charge in [0.25, 0.3) is 0 Å². The van der Waals surface area contributed by atoms with Crippen molar-refractivity contribution in [2.75, 3.05) is 13.7 Å². The van der Waals surface area contributed by atoms with Crippen LogP contribution in [0.15, 0.2) is 18.2 Å². The van der Waals surface area contributed by atoms with E-state index in [2.05, 4.69) is 4.74 Å². The number of alkyl halides is 1. The summed E-state index contributed by atoms with van der Waals surface area (Å²) in [6.45, 7) is 1.89. The standard InChI is InChI=1S/C15H21F2NO3/c1-3-4-14(17)21-15(19)7-10(9-18)12-8-11(16)5-6-13(12)20-2/h5-6,8,10,14H,3-4,7,9,18H2,1-2H3. The Bertz CT molecular complexity index is 468. The molecule has 0 aromatic heterocycles. The van der Waals surface area contributed by atoms with E-state index in [4.69, 9.17) is 10.5 Å². The van der Waals surface area contributed by atoms with Gasteiger partial charge < -0.3 is 15.2 Å². The molecule has 1 aromatic carbocycles. The molecule has 0 saturated carbocycles. The summed E-state index contributed by atoms with van der Waals surface area (Å²) in [6.07, 6.45) is -1.01. The summed E-state index contributed by atoms with van der Waals surface area (Å²) in [5.41, 5.74) is 6.11. The van der Waals surface area contributed by atoms with Gasteiger partial charge in [-0.15, -0.1) is 0 Å². The average Bonchev–Trinajstić information content (AvgIpc) is 2.44. The fourth-order valence-corrected chi connectivity index (χ4v) is 2.02. The van der Waals surface area contributed by atoms with Crippen LogP contribution in [0.1, 0.15) is 37.7 Å². The van der Waals surface area contributed by atoms with Crippen molar-refractivity contribution < 1.29 is 23.0 Å². The molecule has 0 heterocycles. The number of benzene rings is 1.